The van der Waals surface area contributed by atoms with E-state index in [9.17, 15) is 14.4 Å². The number of fused-ring (bicyclic) bond motifs is 1. The summed E-state index contributed by atoms with van der Waals surface area (Å²) in [5, 5.41) is -0.736. The first-order valence-corrected chi connectivity index (χ1v) is 12.6. The number of carbonyl (C=O) groups is 3. The molecule has 0 bridgehead atoms. The highest BCUT2D eigenvalue weighted by atomic mass is 32.2. The van der Waals surface area contributed by atoms with Crippen LogP contribution in [0.5, 0.6) is 0 Å². The van der Waals surface area contributed by atoms with Gasteiger partial charge in [-0.1, -0.05) is 51.2 Å². The first-order valence-electron chi connectivity index (χ1n) is 11.7. The molecule has 3 amide bonds. The van der Waals surface area contributed by atoms with Gasteiger partial charge in [-0.2, -0.15) is 0 Å². The molecule has 1 saturated heterocycles. The topological polar surface area (TPSA) is 60.9 Å². The summed E-state index contributed by atoms with van der Waals surface area (Å²) in [6, 6.07) is 7.75. The van der Waals surface area contributed by atoms with Crippen molar-refractivity contribution in [3.8, 4) is 0 Å². The average molecular weight is 446 g/mol. The van der Waals surface area contributed by atoms with Crippen LogP contribution in [0, 0.1) is 0 Å². The molecule has 0 aliphatic carbocycles. The largest absolute Gasteiger partial charge is 0.339 e. The number of nitrogens with zero attached hydrogens (tertiary/aromatic N) is 3. The van der Waals surface area contributed by atoms with Crippen molar-refractivity contribution in [1.82, 2.24) is 9.80 Å². The van der Waals surface area contributed by atoms with Crippen molar-refractivity contribution < 1.29 is 14.4 Å². The zero-order valence-corrected chi connectivity index (χ0v) is 19.7. The minimum Gasteiger partial charge on any atom is -0.339 e. The van der Waals surface area contributed by atoms with Gasteiger partial charge >= 0.3 is 0 Å². The van der Waals surface area contributed by atoms with Gasteiger partial charge in [0.2, 0.25) is 17.7 Å². The molecule has 1 aromatic carbocycles. The highest BCUT2D eigenvalue weighted by Gasteiger charge is 2.40. The molecule has 0 spiro atoms. The molecule has 2 heterocycles. The van der Waals surface area contributed by atoms with Crippen molar-refractivity contribution >= 4 is 35.2 Å². The van der Waals surface area contributed by atoms with E-state index in [4.69, 9.17) is 0 Å². The maximum Gasteiger partial charge on any atom is 0.250 e. The first kappa shape index (κ1) is 23.6. The fraction of sp³-hybridized carbons (Fsp3) is 0.625. The molecule has 1 fully saturated rings. The zero-order valence-electron chi connectivity index (χ0n) is 18.8. The molecule has 0 N–H and O–H groups in total. The number of anilines is 1. The van der Waals surface area contributed by atoms with E-state index >= 15 is 0 Å². The number of benzene rings is 1. The number of piperazine rings is 1. The normalized spacial score (nSPS) is 18.8. The van der Waals surface area contributed by atoms with E-state index in [2.05, 4.69) is 6.92 Å². The second-order valence-corrected chi connectivity index (χ2v) is 9.42. The quantitative estimate of drug-likeness (QED) is 0.427. The van der Waals surface area contributed by atoms with Gasteiger partial charge in [0.15, 0.2) is 5.25 Å². The number of amides is 3. The molecule has 3 rings (SSSR count). The maximum atomic E-state index is 13.2. The van der Waals surface area contributed by atoms with Crippen LogP contribution in [0.1, 0.15) is 58.8 Å². The van der Waals surface area contributed by atoms with Crippen LogP contribution in [0.3, 0.4) is 0 Å². The number of hydrogen-bond acceptors (Lipinski definition) is 4. The van der Waals surface area contributed by atoms with Gasteiger partial charge in [-0.3, -0.25) is 14.4 Å². The van der Waals surface area contributed by atoms with E-state index in [0.29, 0.717) is 39.1 Å². The number of thioether (sulfide) groups is 1. The fourth-order valence-electron chi connectivity index (χ4n) is 4.26. The van der Waals surface area contributed by atoms with E-state index in [0.717, 1.165) is 23.4 Å². The van der Waals surface area contributed by atoms with E-state index in [-0.39, 0.29) is 17.7 Å². The Morgan fingerprint density at radius 3 is 2.29 bits per heavy atom. The van der Waals surface area contributed by atoms with Gasteiger partial charge in [-0.25, -0.2) is 0 Å². The Morgan fingerprint density at radius 2 is 1.58 bits per heavy atom. The smallest absolute Gasteiger partial charge is 0.250 e. The van der Waals surface area contributed by atoms with Crippen LogP contribution in [0.4, 0.5) is 5.69 Å². The van der Waals surface area contributed by atoms with Gasteiger partial charge in [0.05, 0.1) is 5.69 Å². The fourth-order valence-corrected chi connectivity index (χ4v) is 5.44. The molecule has 2 aliphatic heterocycles. The monoisotopic (exact) mass is 445 g/mol. The summed E-state index contributed by atoms with van der Waals surface area (Å²) >= 11 is 1.35. The zero-order chi connectivity index (χ0) is 22.2. The Morgan fingerprint density at radius 1 is 0.935 bits per heavy atom. The van der Waals surface area contributed by atoms with Crippen LogP contribution in [0.15, 0.2) is 29.2 Å². The van der Waals surface area contributed by atoms with Crippen LogP contribution in [-0.4, -0.2) is 65.5 Å². The molecule has 7 heteroatoms. The minimum absolute atomic E-state index is 0.133. The van der Waals surface area contributed by atoms with Crippen LogP contribution < -0.4 is 4.90 Å². The maximum absolute atomic E-state index is 13.2. The summed E-state index contributed by atoms with van der Waals surface area (Å²) in [6.07, 6.45) is 7.61. The lowest BCUT2D eigenvalue weighted by Crippen LogP contribution is -2.55. The lowest BCUT2D eigenvalue weighted by molar-refractivity contribution is -0.141. The standard InChI is InChI=1S/C24H35N3O3S/c1-3-5-6-7-8-9-14-21(28)25-15-17-26(18-16-25)23(29)22-24(30)27(4-2)19-12-10-11-13-20(19)31-22/h10-13,22H,3-9,14-18H2,1-2H3. The van der Waals surface area contributed by atoms with Crippen LogP contribution in [0.25, 0.3) is 0 Å². The second-order valence-electron chi connectivity index (χ2n) is 8.27. The predicted molar refractivity (Wildman–Crippen MR) is 125 cm³/mol. The molecule has 1 atom stereocenters. The van der Waals surface area contributed by atoms with Crippen molar-refractivity contribution in [3.05, 3.63) is 24.3 Å². The summed E-state index contributed by atoms with van der Waals surface area (Å²) in [5.74, 6) is -0.0828. The number of hydrogen-bond donors (Lipinski definition) is 0. The highest BCUT2D eigenvalue weighted by Crippen LogP contribution is 2.39. The summed E-state index contributed by atoms with van der Waals surface area (Å²) in [5.41, 5.74) is 0.883. The summed E-state index contributed by atoms with van der Waals surface area (Å²) in [4.78, 5) is 44.9. The van der Waals surface area contributed by atoms with E-state index < -0.39 is 5.25 Å². The number of unbranched alkanes of at least 4 members (excludes halogenated alkanes) is 5. The van der Waals surface area contributed by atoms with Crippen molar-refractivity contribution in [2.45, 2.75) is 68.9 Å². The third-order valence-corrected chi connectivity index (χ3v) is 7.36. The number of para-hydroxylation sites is 1. The second kappa shape index (κ2) is 11.6. The van der Waals surface area contributed by atoms with E-state index in [1.165, 1.54) is 37.4 Å². The molecular weight excluding hydrogens is 410 g/mol. The predicted octanol–water partition coefficient (Wildman–Crippen LogP) is 3.94. The molecule has 1 aromatic rings. The molecule has 1 unspecified atom stereocenters. The van der Waals surface area contributed by atoms with Gasteiger partial charge in [0, 0.05) is 44.0 Å². The molecule has 0 radical (unpaired) electrons. The van der Waals surface area contributed by atoms with Gasteiger partial charge < -0.3 is 14.7 Å². The third kappa shape index (κ3) is 5.82. The molecule has 170 valence electrons. The Kier molecular flexibility index (Phi) is 8.81. The highest BCUT2D eigenvalue weighted by molar-refractivity contribution is 8.01. The summed E-state index contributed by atoms with van der Waals surface area (Å²) in [7, 11) is 0. The van der Waals surface area contributed by atoms with Crippen molar-refractivity contribution in [2.75, 3.05) is 37.6 Å². The van der Waals surface area contributed by atoms with Crippen molar-refractivity contribution in [3.63, 3.8) is 0 Å². The molecule has 0 aromatic heterocycles. The molecule has 0 saturated carbocycles. The van der Waals surface area contributed by atoms with E-state index in [1.807, 2.05) is 36.1 Å². The summed E-state index contributed by atoms with van der Waals surface area (Å²) in [6.45, 7) is 6.79. The number of carbonyl (C=O) groups excluding carboxylic acids is 3. The lowest BCUT2D eigenvalue weighted by atomic mass is 10.1. The molecule has 2 aliphatic rings. The Balaban J connectivity index is 1.49. The molecule has 31 heavy (non-hydrogen) atoms. The summed E-state index contributed by atoms with van der Waals surface area (Å²) < 4.78 is 0. The lowest BCUT2D eigenvalue weighted by Gasteiger charge is -2.38. The SMILES string of the molecule is CCCCCCCCC(=O)N1CCN(C(=O)C2Sc3ccccc3N(CC)C2=O)CC1. The average Bonchev–Trinajstić information content (AvgIpc) is 2.80. The van der Waals surface area contributed by atoms with Crippen LogP contribution in [-0.2, 0) is 14.4 Å². The van der Waals surface area contributed by atoms with Crippen molar-refractivity contribution in [2.24, 2.45) is 0 Å². The van der Waals surface area contributed by atoms with Crippen molar-refractivity contribution in [1.29, 1.82) is 0 Å². The number of rotatable bonds is 9. The van der Waals surface area contributed by atoms with Gasteiger partial charge in [0.25, 0.3) is 0 Å². The van der Waals surface area contributed by atoms with Crippen LogP contribution >= 0.6 is 11.8 Å². The Bertz CT molecular complexity index is 777. The Labute approximate surface area is 190 Å². The van der Waals surface area contributed by atoms with Crippen LogP contribution in [0.2, 0.25) is 0 Å². The van der Waals surface area contributed by atoms with Gasteiger partial charge in [-0.15, -0.1) is 11.8 Å². The first-order chi connectivity index (χ1) is 15.1. The Hall–Kier alpha value is -2.02. The minimum atomic E-state index is -0.736. The van der Waals surface area contributed by atoms with E-state index in [1.54, 1.807) is 9.80 Å². The third-order valence-electron chi connectivity index (χ3n) is 6.12. The van der Waals surface area contributed by atoms with Gasteiger partial charge in [0.1, 0.15) is 0 Å². The van der Waals surface area contributed by atoms with Gasteiger partial charge in [-0.05, 0) is 25.5 Å². The molecule has 6 nitrogen and oxygen atoms in total. The molecular formula is C24H35N3O3S.